The molecule has 0 rings (SSSR count). The molecule has 0 amide bonds. The summed E-state index contributed by atoms with van der Waals surface area (Å²) in [4.78, 5) is 22.4. The van der Waals surface area contributed by atoms with E-state index in [4.69, 9.17) is 5.11 Å². The fourth-order valence-corrected chi connectivity index (χ4v) is 0.985. The number of halogens is 2. The lowest BCUT2D eigenvalue weighted by Gasteiger charge is -2.18. The molecule has 0 saturated carbocycles. The minimum Gasteiger partial charge on any atom is -0.465 e. The van der Waals surface area contributed by atoms with Crippen LogP contribution in [0.4, 0.5) is 8.78 Å². The van der Waals surface area contributed by atoms with Gasteiger partial charge < -0.3 is 14.6 Å². The summed E-state index contributed by atoms with van der Waals surface area (Å²) in [5.41, 5.74) is 0. The SMILES string of the molecule is CCOC(=O)C(C(=O)OCC)C(O)C(F)F. The number of hydrogen-bond donors (Lipinski definition) is 1. The van der Waals surface area contributed by atoms with Crippen molar-refractivity contribution in [2.45, 2.75) is 26.4 Å². The monoisotopic (exact) mass is 240 g/mol. The van der Waals surface area contributed by atoms with Crippen LogP contribution in [0.25, 0.3) is 0 Å². The van der Waals surface area contributed by atoms with E-state index in [0.717, 1.165) is 0 Å². The number of esters is 2. The zero-order valence-corrected chi connectivity index (χ0v) is 8.98. The van der Waals surface area contributed by atoms with Crippen LogP contribution in [-0.4, -0.2) is 42.8 Å². The average molecular weight is 240 g/mol. The third kappa shape index (κ3) is 4.09. The molecule has 0 heterocycles. The van der Waals surface area contributed by atoms with Crippen molar-refractivity contribution in [3.05, 3.63) is 0 Å². The van der Waals surface area contributed by atoms with Crippen molar-refractivity contribution >= 4 is 11.9 Å². The molecule has 1 atom stereocenters. The molecule has 0 aliphatic heterocycles. The summed E-state index contributed by atoms with van der Waals surface area (Å²) in [6.45, 7) is 2.75. The summed E-state index contributed by atoms with van der Waals surface area (Å²) in [5, 5.41) is 9.03. The van der Waals surface area contributed by atoms with Gasteiger partial charge in [0.2, 0.25) is 0 Å². The number of ether oxygens (including phenoxy) is 2. The highest BCUT2D eigenvalue weighted by molar-refractivity contribution is 5.95. The van der Waals surface area contributed by atoms with Gasteiger partial charge in [0.05, 0.1) is 13.2 Å². The fourth-order valence-electron chi connectivity index (χ4n) is 0.985. The minimum atomic E-state index is -3.22. The molecule has 0 aliphatic rings. The Balaban J connectivity index is 4.75. The van der Waals surface area contributed by atoms with E-state index in [1.165, 1.54) is 13.8 Å². The van der Waals surface area contributed by atoms with Gasteiger partial charge in [0.1, 0.15) is 6.10 Å². The van der Waals surface area contributed by atoms with Gasteiger partial charge in [0.25, 0.3) is 6.43 Å². The van der Waals surface area contributed by atoms with Crippen LogP contribution < -0.4 is 0 Å². The molecule has 0 spiro atoms. The average Bonchev–Trinajstić information content (AvgIpc) is 2.18. The number of hydrogen-bond acceptors (Lipinski definition) is 5. The van der Waals surface area contributed by atoms with Gasteiger partial charge in [-0.3, -0.25) is 9.59 Å². The van der Waals surface area contributed by atoms with E-state index in [2.05, 4.69) is 9.47 Å². The van der Waals surface area contributed by atoms with Gasteiger partial charge in [0, 0.05) is 0 Å². The van der Waals surface area contributed by atoms with E-state index in [1.807, 2.05) is 0 Å². The van der Waals surface area contributed by atoms with E-state index in [-0.39, 0.29) is 13.2 Å². The van der Waals surface area contributed by atoms with Gasteiger partial charge in [-0.2, -0.15) is 0 Å². The Morgan fingerprint density at radius 2 is 1.50 bits per heavy atom. The molecule has 0 bridgehead atoms. The van der Waals surface area contributed by atoms with Gasteiger partial charge in [-0.1, -0.05) is 0 Å². The number of aliphatic hydroxyl groups excluding tert-OH is 1. The van der Waals surface area contributed by atoms with E-state index in [1.54, 1.807) is 0 Å². The molecule has 94 valence electrons. The van der Waals surface area contributed by atoms with E-state index >= 15 is 0 Å². The molecule has 16 heavy (non-hydrogen) atoms. The lowest BCUT2D eigenvalue weighted by atomic mass is 10.0. The summed E-state index contributed by atoms with van der Waals surface area (Å²) in [7, 11) is 0. The van der Waals surface area contributed by atoms with E-state index in [9.17, 15) is 18.4 Å². The van der Waals surface area contributed by atoms with Gasteiger partial charge in [0.15, 0.2) is 5.92 Å². The number of rotatable bonds is 6. The van der Waals surface area contributed by atoms with Crippen LogP contribution in [0.2, 0.25) is 0 Å². The smallest absolute Gasteiger partial charge is 0.323 e. The molecule has 0 aromatic heterocycles. The topological polar surface area (TPSA) is 72.8 Å². The van der Waals surface area contributed by atoms with Crippen molar-refractivity contribution in [2.24, 2.45) is 5.92 Å². The lowest BCUT2D eigenvalue weighted by molar-refractivity contribution is -0.172. The van der Waals surface area contributed by atoms with Crippen molar-refractivity contribution in [1.82, 2.24) is 0 Å². The highest BCUT2D eigenvalue weighted by Gasteiger charge is 2.41. The molecule has 1 N–H and O–H groups in total. The van der Waals surface area contributed by atoms with Crippen LogP contribution in [0.5, 0.6) is 0 Å². The predicted octanol–water partition coefficient (Wildman–Crippen LogP) is 0.355. The third-order valence-corrected chi connectivity index (χ3v) is 1.68. The Hall–Kier alpha value is -1.24. The van der Waals surface area contributed by atoms with Crippen LogP contribution >= 0.6 is 0 Å². The standard InChI is InChI=1S/C9H14F2O5/c1-3-15-8(13)5(6(12)7(10)11)9(14)16-4-2/h5-7,12H,3-4H2,1-2H3. The minimum absolute atomic E-state index is 0.0787. The quantitative estimate of drug-likeness (QED) is 0.536. The summed E-state index contributed by atoms with van der Waals surface area (Å²) >= 11 is 0. The first-order valence-electron chi connectivity index (χ1n) is 4.75. The molecular formula is C9H14F2O5. The number of aliphatic hydroxyl groups is 1. The van der Waals surface area contributed by atoms with Crippen molar-refractivity contribution < 1.29 is 33.0 Å². The third-order valence-electron chi connectivity index (χ3n) is 1.68. The summed E-state index contributed by atoms with van der Waals surface area (Å²) in [6, 6.07) is 0. The number of carbonyl (C=O) groups excluding carboxylic acids is 2. The Morgan fingerprint density at radius 1 is 1.12 bits per heavy atom. The molecule has 0 aromatic carbocycles. The van der Waals surface area contributed by atoms with Crippen LogP contribution in [0.15, 0.2) is 0 Å². The largest absolute Gasteiger partial charge is 0.465 e. The van der Waals surface area contributed by atoms with Crippen molar-refractivity contribution in [1.29, 1.82) is 0 Å². The van der Waals surface area contributed by atoms with Gasteiger partial charge in [-0.25, -0.2) is 8.78 Å². The lowest BCUT2D eigenvalue weighted by Crippen LogP contribution is -2.41. The van der Waals surface area contributed by atoms with Gasteiger partial charge >= 0.3 is 11.9 Å². The summed E-state index contributed by atoms with van der Waals surface area (Å²) < 4.78 is 33.2. The molecule has 7 heteroatoms. The fraction of sp³-hybridized carbons (Fsp3) is 0.778. The molecule has 5 nitrogen and oxygen atoms in total. The highest BCUT2D eigenvalue weighted by atomic mass is 19.3. The molecule has 0 aromatic rings. The molecule has 0 saturated heterocycles. The summed E-state index contributed by atoms with van der Waals surface area (Å²) in [5.74, 6) is -4.43. The molecule has 1 unspecified atom stereocenters. The second kappa shape index (κ2) is 7.10. The van der Waals surface area contributed by atoms with Crippen LogP contribution in [0.3, 0.4) is 0 Å². The molecule has 0 aliphatic carbocycles. The molecular weight excluding hydrogens is 226 g/mol. The zero-order chi connectivity index (χ0) is 12.7. The van der Waals surface area contributed by atoms with Gasteiger partial charge in [-0.15, -0.1) is 0 Å². The zero-order valence-electron chi connectivity index (χ0n) is 8.98. The second-order valence-corrected chi connectivity index (χ2v) is 2.81. The Kier molecular flexibility index (Phi) is 6.55. The normalized spacial score (nSPS) is 12.7. The van der Waals surface area contributed by atoms with Crippen LogP contribution in [0, 0.1) is 5.92 Å². The Morgan fingerprint density at radius 3 is 1.75 bits per heavy atom. The maximum Gasteiger partial charge on any atom is 0.323 e. The Labute approximate surface area is 91.3 Å². The Bertz CT molecular complexity index is 226. The second-order valence-electron chi connectivity index (χ2n) is 2.81. The van der Waals surface area contributed by atoms with Crippen molar-refractivity contribution in [2.75, 3.05) is 13.2 Å². The first kappa shape index (κ1) is 14.8. The molecule has 0 fully saturated rings. The maximum absolute atomic E-state index is 12.2. The summed E-state index contributed by atoms with van der Waals surface area (Å²) in [6.07, 6.45) is -5.64. The van der Waals surface area contributed by atoms with E-state index < -0.39 is 30.4 Å². The van der Waals surface area contributed by atoms with Crippen molar-refractivity contribution in [3.8, 4) is 0 Å². The van der Waals surface area contributed by atoms with E-state index in [0.29, 0.717) is 0 Å². The number of alkyl halides is 2. The predicted molar refractivity (Wildman–Crippen MR) is 48.8 cm³/mol. The first-order chi connectivity index (χ1) is 7.45. The van der Waals surface area contributed by atoms with Gasteiger partial charge in [-0.05, 0) is 13.8 Å². The molecule has 0 radical (unpaired) electrons. The first-order valence-corrected chi connectivity index (χ1v) is 4.75. The maximum atomic E-state index is 12.2. The van der Waals surface area contributed by atoms with Crippen LogP contribution in [-0.2, 0) is 19.1 Å². The number of carbonyl (C=O) groups is 2. The van der Waals surface area contributed by atoms with Crippen LogP contribution in [0.1, 0.15) is 13.8 Å². The van der Waals surface area contributed by atoms with Crippen molar-refractivity contribution in [3.63, 3.8) is 0 Å². The highest BCUT2D eigenvalue weighted by Crippen LogP contribution is 2.16.